The molecule has 3 aromatic carbocycles. The van der Waals surface area contributed by atoms with Gasteiger partial charge in [-0.2, -0.15) is 0 Å². The molecule has 0 aliphatic carbocycles. The number of nitrogens with one attached hydrogen (secondary N) is 1. The van der Waals surface area contributed by atoms with Crippen molar-refractivity contribution in [3.05, 3.63) is 88.6 Å². The Morgan fingerprint density at radius 1 is 1.12 bits per heavy atom. The quantitative estimate of drug-likeness (QED) is 0.299. The number of amides is 1. The standard InChI is InChI=1S/C28H26ClNO3/c1-5-32-27-19(4)28-24(25(16-33-28)20-11-9-17(2)10-12-20)15-23(27)18(3)13-26(31)30-22-8-6-7-21(29)14-22/h6-16H,5H2,1-4H3,(H,30,31)/b18-13+. The molecule has 0 unspecified atom stereocenters. The molecule has 1 amide bonds. The molecular formula is C28H26ClNO3. The number of allylic oxidation sites excluding steroid dienone is 1. The molecule has 0 fully saturated rings. The summed E-state index contributed by atoms with van der Waals surface area (Å²) in [7, 11) is 0. The maximum absolute atomic E-state index is 12.7. The number of anilines is 1. The Morgan fingerprint density at radius 3 is 2.58 bits per heavy atom. The summed E-state index contributed by atoms with van der Waals surface area (Å²) in [5.74, 6) is 0.486. The molecular weight excluding hydrogens is 434 g/mol. The summed E-state index contributed by atoms with van der Waals surface area (Å²) in [6.07, 6.45) is 3.36. The summed E-state index contributed by atoms with van der Waals surface area (Å²) in [4.78, 5) is 12.7. The van der Waals surface area contributed by atoms with E-state index in [9.17, 15) is 4.79 Å². The van der Waals surface area contributed by atoms with Crippen LogP contribution in [0.5, 0.6) is 5.75 Å². The van der Waals surface area contributed by atoms with Crippen LogP contribution in [-0.4, -0.2) is 12.5 Å². The van der Waals surface area contributed by atoms with Gasteiger partial charge in [0.25, 0.3) is 0 Å². The van der Waals surface area contributed by atoms with Crippen LogP contribution < -0.4 is 10.1 Å². The van der Waals surface area contributed by atoms with E-state index in [4.69, 9.17) is 20.8 Å². The second-order valence-electron chi connectivity index (χ2n) is 8.03. The normalized spacial score (nSPS) is 11.6. The van der Waals surface area contributed by atoms with Crippen molar-refractivity contribution in [3.63, 3.8) is 0 Å². The van der Waals surface area contributed by atoms with Crippen LogP contribution in [0, 0.1) is 13.8 Å². The first-order chi connectivity index (χ1) is 15.9. The summed E-state index contributed by atoms with van der Waals surface area (Å²) in [5, 5.41) is 4.42. The van der Waals surface area contributed by atoms with E-state index in [1.165, 1.54) is 5.56 Å². The number of rotatable bonds is 6. The number of hydrogen-bond donors (Lipinski definition) is 1. The van der Waals surface area contributed by atoms with Crippen molar-refractivity contribution in [2.75, 3.05) is 11.9 Å². The lowest BCUT2D eigenvalue weighted by molar-refractivity contribution is -0.111. The molecule has 4 aromatic rings. The third-order valence-corrected chi connectivity index (χ3v) is 5.79. The number of halogens is 1. The van der Waals surface area contributed by atoms with E-state index < -0.39 is 0 Å². The molecule has 1 aromatic heterocycles. The van der Waals surface area contributed by atoms with Gasteiger partial charge in [0.2, 0.25) is 5.91 Å². The lowest BCUT2D eigenvalue weighted by atomic mass is 9.96. The molecule has 0 aliphatic heterocycles. The van der Waals surface area contributed by atoms with Gasteiger partial charge < -0.3 is 14.5 Å². The third-order valence-electron chi connectivity index (χ3n) is 5.56. The van der Waals surface area contributed by atoms with E-state index in [-0.39, 0.29) is 5.91 Å². The number of carbonyl (C=O) groups is 1. The van der Waals surface area contributed by atoms with Gasteiger partial charge >= 0.3 is 0 Å². The zero-order chi connectivity index (χ0) is 23.5. The van der Waals surface area contributed by atoms with Crippen LogP contribution in [0.15, 0.2) is 71.4 Å². The lowest BCUT2D eigenvalue weighted by Crippen LogP contribution is -2.09. The monoisotopic (exact) mass is 459 g/mol. The molecule has 168 valence electrons. The topological polar surface area (TPSA) is 51.5 Å². The van der Waals surface area contributed by atoms with Gasteiger partial charge in [0, 0.05) is 38.9 Å². The van der Waals surface area contributed by atoms with Gasteiger partial charge in [-0.05, 0) is 63.1 Å². The molecule has 33 heavy (non-hydrogen) atoms. The van der Waals surface area contributed by atoms with Gasteiger partial charge in [-0.25, -0.2) is 0 Å². The van der Waals surface area contributed by atoms with Crippen molar-refractivity contribution in [1.29, 1.82) is 0 Å². The van der Waals surface area contributed by atoms with Crippen LogP contribution in [-0.2, 0) is 4.79 Å². The number of furan rings is 1. The number of fused-ring (bicyclic) bond motifs is 1. The number of carbonyl (C=O) groups excluding carboxylic acids is 1. The fourth-order valence-corrected chi connectivity index (χ4v) is 4.11. The summed E-state index contributed by atoms with van der Waals surface area (Å²) in [6.45, 7) is 8.41. The van der Waals surface area contributed by atoms with Crippen molar-refractivity contribution in [2.24, 2.45) is 0 Å². The summed E-state index contributed by atoms with van der Waals surface area (Å²) in [5.41, 5.74) is 7.27. The zero-order valence-corrected chi connectivity index (χ0v) is 19.9. The highest BCUT2D eigenvalue weighted by atomic mass is 35.5. The Bertz CT molecular complexity index is 1350. The molecule has 0 bridgehead atoms. The van der Waals surface area contributed by atoms with Crippen molar-refractivity contribution in [2.45, 2.75) is 27.7 Å². The van der Waals surface area contributed by atoms with Crippen molar-refractivity contribution in [1.82, 2.24) is 0 Å². The van der Waals surface area contributed by atoms with Crippen LogP contribution in [0.4, 0.5) is 5.69 Å². The number of aryl methyl sites for hydroxylation is 2. The summed E-state index contributed by atoms with van der Waals surface area (Å²) >= 11 is 6.03. The average Bonchev–Trinajstić information content (AvgIpc) is 3.20. The highest BCUT2D eigenvalue weighted by Gasteiger charge is 2.19. The van der Waals surface area contributed by atoms with Crippen LogP contribution >= 0.6 is 11.6 Å². The largest absolute Gasteiger partial charge is 0.493 e. The van der Waals surface area contributed by atoms with E-state index >= 15 is 0 Å². The lowest BCUT2D eigenvalue weighted by Gasteiger charge is -2.15. The van der Waals surface area contributed by atoms with E-state index in [2.05, 4.69) is 36.5 Å². The Hall–Kier alpha value is -3.50. The first-order valence-corrected chi connectivity index (χ1v) is 11.2. The Morgan fingerprint density at radius 2 is 1.88 bits per heavy atom. The highest BCUT2D eigenvalue weighted by molar-refractivity contribution is 6.31. The summed E-state index contributed by atoms with van der Waals surface area (Å²) in [6, 6.07) is 17.5. The van der Waals surface area contributed by atoms with E-state index in [0.29, 0.717) is 17.3 Å². The van der Waals surface area contributed by atoms with Gasteiger partial charge in [0.15, 0.2) is 0 Å². The number of ether oxygens (including phenoxy) is 1. The molecule has 0 spiro atoms. The fraction of sp³-hybridized carbons (Fsp3) is 0.179. The van der Waals surface area contributed by atoms with E-state index in [1.54, 1.807) is 36.6 Å². The summed E-state index contributed by atoms with van der Waals surface area (Å²) < 4.78 is 12.0. The minimum atomic E-state index is -0.235. The third kappa shape index (κ3) is 4.81. The van der Waals surface area contributed by atoms with Gasteiger partial charge in [-0.3, -0.25) is 4.79 Å². The molecule has 4 rings (SSSR count). The molecule has 1 N–H and O–H groups in total. The van der Waals surface area contributed by atoms with E-state index in [0.717, 1.165) is 44.5 Å². The maximum atomic E-state index is 12.7. The zero-order valence-electron chi connectivity index (χ0n) is 19.2. The molecule has 5 heteroatoms. The van der Waals surface area contributed by atoms with Crippen molar-refractivity contribution < 1.29 is 13.9 Å². The number of hydrogen-bond acceptors (Lipinski definition) is 3. The molecule has 1 heterocycles. The maximum Gasteiger partial charge on any atom is 0.248 e. The first kappa shape index (κ1) is 22.7. The molecule has 0 radical (unpaired) electrons. The van der Waals surface area contributed by atoms with Crippen LogP contribution in [0.25, 0.3) is 27.7 Å². The average molecular weight is 460 g/mol. The van der Waals surface area contributed by atoms with Crippen LogP contribution in [0.1, 0.15) is 30.5 Å². The predicted molar refractivity (Wildman–Crippen MR) is 136 cm³/mol. The molecule has 0 saturated carbocycles. The SMILES string of the molecule is CCOc1c(/C(C)=C/C(=O)Nc2cccc(Cl)c2)cc2c(-c3ccc(C)cc3)coc2c1C. The van der Waals surface area contributed by atoms with Crippen LogP contribution in [0.3, 0.4) is 0 Å². The smallest absolute Gasteiger partial charge is 0.248 e. The Kier molecular flexibility index (Phi) is 6.57. The molecule has 0 aliphatic rings. The van der Waals surface area contributed by atoms with E-state index in [1.807, 2.05) is 26.8 Å². The fourth-order valence-electron chi connectivity index (χ4n) is 3.91. The van der Waals surface area contributed by atoms with Gasteiger partial charge in [-0.15, -0.1) is 0 Å². The first-order valence-electron chi connectivity index (χ1n) is 10.9. The van der Waals surface area contributed by atoms with Crippen molar-refractivity contribution >= 4 is 39.7 Å². The van der Waals surface area contributed by atoms with Gasteiger partial charge in [-0.1, -0.05) is 47.5 Å². The molecule has 0 atom stereocenters. The Labute approximate surface area is 198 Å². The molecule has 0 saturated heterocycles. The second-order valence-corrected chi connectivity index (χ2v) is 8.47. The van der Waals surface area contributed by atoms with Crippen molar-refractivity contribution in [3.8, 4) is 16.9 Å². The van der Waals surface area contributed by atoms with Gasteiger partial charge in [0.05, 0.1) is 12.9 Å². The Balaban J connectivity index is 1.78. The van der Waals surface area contributed by atoms with Crippen LogP contribution in [0.2, 0.25) is 5.02 Å². The molecule has 4 nitrogen and oxygen atoms in total. The minimum Gasteiger partial charge on any atom is -0.493 e. The minimum absolute atomic E-state index is 0.235. The highest BCUT2D eigenvalue weighted by Crippen LogP contribution is 2.40. The predicted octanol–water partition coefficient (Wildman–Crippen LogP) is 7.81. The number of benzene rings is 3. The van der Waals surface area contributed by atoms with Gasteiger partial charge in [0.1, 0.15) is 11.3 Å². The second kappa shape index (κ2) is 9.55.